The third kappa shape index (κ3) is 2.25. The maximum Gasteiger partial charge on any atom is 0.374 e. The van der Waals surface area contributed by atoms with Crippen LogP contribution in [0.25, 0.3) is 0 Å². The van der Waals surface area contributed by atoms with Crippen molar-refractivity contribution in [3.05, 3.63) is 23.7 Å². The average Bonchev–Trinajstić information content (AvgIpc) is 2.93. The first kappa shape index (κ1) is 11.2. The average molecular weight is 225 g/mol. The molecule has 1 aromatic rings. The highest BCUT2D eigenvalue weighted by molar-refractivity contribution is 5.86. The van der Waals surface area contributed by atoms with Gasteiger partial charge in [-0.05, 0) is 18.6 Å². The van der Waals surface area contributed by atoms with Crippen LogP contribution >= 0.6 is 0 Å². The van der Waals surface area contributed by atoms with Crippen LogP contribution < -0.4 is 5.73 Å². The van der Waals surface area contributed by atoms with Crippen molar-refractivity contribution < 1.29 is 18.7 Å². The number of esters is 1. The van der Waals surface area contributed by atoms with E-state index >= 15 is 0 Å². The van der Waals surface area contributed by atoms with E-state index in [1.807, 2.05) is 6.92 Å². The zero-order valence-electron chi connectivity index (χ0n) is 9.14. The largest absolute Gasteiger partial charge is 0.458 e. The van der Waals surface area contributed by atoms with Gasteiger partial charge in [-0.3, -0.25) is 0 Å². The Morgan fingerprint density at radius 2 is 2.38 bits per heavy atom. The first-order valence-corrected chi connectivity index (χ1v) is 5.38. The van der Waals surface area contributed by atoms with Gasteiger partial charge >= 0.3 is 5.97 Å². The van der Waals surface area contributed by atoms with Crippen molar-refractivity contribution in [3.63, 3.8) is 0 Å². The fourth-order valence-electron chi connectivity index (χ4n) is 1.54. The molecule has 2 rings (SSSR count). The van der Waals surface area contributed by atoms with E-state index in [4.69, 9.17) is 19.6 Å². The summed E-state index contributed by atoms with van der Waals surface area (Å²) in [5.74, 6) is 0.408. The van der Waals surface area contributed by atoms with E-state index in [2.05, 4.69) is 0 Å². The minimum absolute atomic E-state index is 0.000980. The van der Waals surface area contributed by atoms with Crippen LogP contribution in [0.2, 0.25) is 0 Å². The van der Waals surface area contributed by atoms with Gasteiger partial charge in [-0.1, -0.05) is 6.92 Å². The molecule has 0 aliphatic carbocycles. The van der Waals surface area contributed by atoms with Gasteiger partial charge in [0, 0.05) is 6.54 Å². The molecular weight excluding hydrogens is 210 g/mol. The Balaban J connectivity index is 1.95. The number of hydrogen-bond donors (Lipinski definition) is 1. The molecule has 0 aromatic carbocycles. The van der Waals surface area contributed by atoms with Crippen LogP contribution in [-0.2, 0) is 9.47 Å². The smallest absolute Gasteiger partial charge is 0.374 e. The SMILES string of the molecule is CCC1OC1c1ccc(C(=O)OCCN)o1. The Labute approximate surface area is 93.5 Å². The molecule has 5 nitrogen and oxygen atoms in total. The number of epoxide rings is 1. The summed E-state index contributed by atoms with van der Waals surface area (Å²) in [7, 11) is 0. The molecule has 2 N–H and O–H groups in total. The Bertz CT molecular complexity index is 374. The molecular formula is C11H15NO4. The molecule has 88 valence electrons. The summed E-state index contributed by atoms with van der Waals surface area (Å²) >= 11 is 0. The van der Waals surface area contributed by atoms with E-state index in [0.717, 1.165) is 6.42 Å². The number of hydrogen-bond acceptors (Lipinski definition) is 5. The molecule has 16 heavy (non-hydrogen) atoms. The van der Waals surface area contributed by atoms with Crippen LogP contribution in [-0.4, -0.2) is 25.2 Å². The molecule has 5 heteroatoms. The highest BCUT2D eigenvalue weighted by atomic mass is 16.6. The van der Waals surface area contributed by atoms with Crippen molar-refractivity contribution in [2.24, 2.45) is 5.73 Å². The zero-order chi connectivity index (χ0) is 11.5. The van der Waals surface area contributed by atoms with Gasteiger partial charge in [0.25, 0.3) is 0 Å². The number of carbonyl (C=O) groups is 1. The molecule has 2 heterocycles. The van der Waals surface area contributed by atoms with Gasteiger partial charge in [-0.2, -0.15) is 0 Å². The van der Waals surface area contributed by atoms with E-state index < -0.39 is 5.97 Å². The second-order valence-electron chi connectivity index (χ2n) is 3.63. The highest BCUT2D eigenvalue weighted by Crippen LogP contribution is 2.41. The topological polar surface area (TPSA) is 78.0 Å². The predicted octanol–water partition coefficient (Wildman–Crippen LogP) is 1.25. The lowest BCUT2D eigenvalue weighted by Crippen LogP contribution is -2.13. The molecule has 0 spiro atoms. The first-order valence-electron chi connectivity index (χ1n) is 5.38. The maximum absolute atomic E-state index is 11.4. The molecule has 1 aliphatic heterocycles. The summed E-state index contributed by atoms with van der Waals surface area (Å²) in [5.41, 5.74) is 5.23. The van der Waals surface area contributed by atoms with E-state index in [-0.39, 0.29) is 24.6 Å². The molecule has 1 aliphatic rings. The van der Waals surface area contributed by atoms with Crippen LogP contribution in [0, 0.1) is 0 Å². The summed E-state index contributed by atoms with van der Waals surface area (Å²) in [6.07, 6.45) is 1.17. The number of nitrogens with two attached hydrogens (primary N) is 1. The van der Waals surface area contributed by atoms with Gasteiger partial charge in [0.05, 0.1) is 6.10 Å². The minimum Gasteiger partial charge on any atom is -0.458 e. The standard InChI is InChI=1S/C11H15NO4/c1-2-7-10(16-7)8-3-4-9(15-8)11(13)14-6-5-12/h3-4,7,10H,2,5-6,12H2,1H3. The van der Waals surface area contributed by atoms with Gasteiger partial charge in [0.15, 0.2) is 0 Å². The van der Waals surface area contributed by atoms with Crippen LogP contribution in [0.15, 0.2) is 16.5 Å². The summed E-state index contributed by atoms with van der Waals surface area (Å²) in [6.45, 7) is 2.55. The quantitative estimate of drug-likeness (QED) is 0.602. The van der Waals surface area contributed by atoms with E-state index in [1.54, 1.807) is 12.1 Å². The molecule has 0 radical (unpaired) electrons. The minimum atomic E-state index is -0.481. The normalized spacial score (nSPS) is 23.1. The molecule has 2 atom stereocenters. The molecule has 1 fully saturated rings. The lowest BCUT2D eigenvalue weighted by Gasteiger charge is -1.98. The predicted molar refractivity (Wildman–Crippen MR) is 55.9 cm³/mol. The van der Waals surface area contributed by atoms with E-state index in [9.17, 15) is 4.79 Å². The van der Waals surface area contributed by atoms with Crippen molar-refractivity contribution >= 4 is 5.97 Å². The Morgan fingerprint density at radius 1 is 1.56 bits per heavy atom. The maximum atomic E-state index is 11.4. The second kappa shape index (κ2) is 4.67. The van der Waals surface area contributed by atoms with Gasteiger partial charge in [-0.15, -0.1) is 0 Å². The van der Waals surface area contributed by atoms with Gasteiger partial charge in [0.2, 0.25) is 5.76 Å². The third-order valence-electron chi connectivity index (χ3n) is 2.44. The monoisotopic (exact) mass is 225 g/mol. The summed E-state index contributed by atoms with van der Waals surface area (Å²) in [4.78, 5) is 11.4. The number of rotatable bonds is 5. The number of carbonyl (C=O) groups excluding carboxylic acids is 1. The first-order chi connectivity index (χ1) is 7.76. The Hall–Kier alpha value is -1.33. The Morgan fingerprint density at radius 3 is 3.00 bits per heavy atom. The third-order valence-corrected chi connectivity index (χ3v) is 2.44. The molecule has 0 amide bonds. The molecule has 1 aromatic heterocycles. The fourth-order valence-corrected chi connectivity index (χ4v) is 1.54. The fraction of sp³-hybridized carbons (Fsp3) is 0.545. The van der Waals surface area contributed by atoms with Crippen molar-refractivity contribution in [1.82, 2.24) is 0 Å². The zero-order valence-corrected chi connectivity index (χ0v) is 9.14. The van der Waals surface area contributed by atoms with Crippen molar-refractivity contribution in [1.29, 1.82) is 0 Å². The summed E-state index contributed by atoms with van der Waals surface area (Å²) in [6, 6.07) is 3.35. The van der Waals surface area contributed by atoms with Crippen molar-refractivity contribution in [3.8, 4) is 0 Å². The number of ether oxygens (including phenoxy) is 2. The molecule has 0 saturated carbocycles. The van der Waals surface area contributed by atoms with E-state index in [1.165, 1.54) is 0 Å². The number of furan rings is 1. The van der Waals surface area contributed by atoms with Gasteiger partial charge in [-0.25, -0.2) is 4.79 Å². The lowest BCUT2D eigenvalue weighted by atomic mass is 10.2. The van der Waals surface area contributed by atoms with Gasteiger partial charge < -0.3 is 19.6 Å². The van der Waals surface area contributed by atoms with Crippen molar-refractivity contribution in [2.75, 3.05) is 13.2 Å². The molecule has 1 saturated heterocycles. The van der Waals surface area contributed by atoms with Crippen LogP contribution in [0.5, 0.6) is 0 Å². The van der Waals surface area contributed by atoms with Crippen LogP contribution in [0.4, 0.5) is 0 Å². The molecule has 0 bridgehead atoms. The van der Waals surface area contributed by atoms with Gasteiger partial charge in [0.1, 0.15) is 18.5 Å². The summed E-state index contributed by atoms with van der Waals surface area (Å²) in [5, 5.41) is 0. The Kier molecular flexibility index (Phi) is 3.26. The second-order valence-corrected chi connectivity index (χ2v) is 3.63. The van der Waals surface area contributed by atoms with Crippen LogP contribution in [0.1, 0.15) is 35.8 Å². The highest BCUT2D eigenvalue weighted by Gasteiger charge is 2.41. The summed E-state index contributed by atoms with van der Waals surface area (Å²) < 4.78 is 15.6. The van der Waals surface area contributed by atoms with E-state index in [0.29, 0.717) is 12.3 Å². The van der Waals surface area contributed by atoms with Crippen LogP contribution in [0.3, 0.4) is 0 Å². The lowest BCUT2D eigenvalue weighted by molar-refractivity contribution is 0.0478. The van der Waals surface area contributed by atoms with Crippen molar-refractivity contribution in [2.45, 2.75) is 25.6 Å². The molecule has 2 unspecified atom stereocenters.